The lowest BCUT2D eigenvalue weighted by atomic mass is 9.77. The number of aryl methyl sites for hydroxylation is 2. The molecule has 0 radical (unpaired) electrons. The van der Waals surface area contributed by atoms with Gasteiger partial charge in [-0.3, -0.25) is 4.68 Å². The van der Waals surface area contributed by atoms with Gasteiger partial charge in [0.25, 0.3) is 0 Å². The summed E-state index contributed by atoms with van der Waals surface area (Å²) in [6, 6.07) is 0. The summed E-state index contributed by atoms with van der Waals surface area (Å²) < 4.78 is 1.95. The van der Waals surface area contributed by atoms with E-state index in [1.165, 1.54) is 12.8 Å². The number of aromatic nitrogens is 2. The normalized spacial score (nSPS) is 26.9. The van der Waals surface area contributed by atoms with Crippen LogP contribution in [0.1, 0.15) is 50.9 Å². The SMILES string of the molecule is CCn1nc(C)c(Cl)c1CNC1(CO)CCC(C)CC1. The van der Waals surface area contributed by atoms with Gasteiger partial charge in [0, 0.05) is 18.6 Å². The Hall–Kier alpha value is -0.580. The van der Waals surface area contributed by atoms with Gasteiger partial charge in [-0.1, -0.05) is 18.5 Å². The highest BCUT2D eigenvalue weighted by Gasteiger charge is 2.33. The molecule has 1 fully saturated rings. The first-order chi connectivity index (χ1) is 9.51. The maximum atomic E-state index is 9.79. The van der Waals surface area contributed by atoms with Crippen LogP contribution >= 0.6 is 11.6 Å². The van der Waals surface area contributed by atoms with Gasteiger partial charge in [-0.15, -0.1) is 0 Å². The molecule has 5 heteroatoms. The maximum absolute atomic E-state index is 9.79. The van der Waals surface area contributed by atoms with E-state index < -0.39 is 0 Å². The van der Waals surface area contributed by atoms with E-state index >= 15 is 0 Å². The average molecular weight is 300 g/mol. The Labute approximate surface area is 126 Å². The highest BCUT2D eigenvalue weighted by Crippen LogP contribution is 2.32. The number of hydrogen-bond donors (Lipinski definition) is 2. The molecule has 1 saturated carbocycles. The van der Waals surface area contributed by atoms with Crippen molar-refractivity contribution in [2.75, 3.05) is 6.61 Å². The van der Waals surface area contributed by atoms with Crippen molar-refractivity contribution in [2.45, 2.75) is 65.1 Å². The fraction of sp³-hybridized carbons (Fsp3) is 0.800. The van der Waals surface area contributed by atoms with Crippen LogP contribution in [0.3, 0.4) is 0 Å². The number of aliphatic hydroxyl groups excluding tert-OH is 1. The van der Waals surface area contributed by atoms with Gasteiger partial charge in [-0.25, -0.2) is 0 Å². The number of nitrogens with zero attached hydrogens (tertiary/aromatic N) is 2. The van der Waals surface area contributed by atoms with Crippen molar-refractivity contribution in [3.8, 4) is 0 Å². The highest BCUT2D eigenvalue weighted by molar-refractivity contribution is 6.31. The highest BCUT2D eigenvalue weighted by atomic mass is 35.5. The van der Waals surface area contributed by atoms with E-state index in [0.717, 1.165) is 41.7 Å². The molecule has 0 spiro atoms. The van der Waals surface area contributed by atoms with Crippen molar-refractivity contribution < 1.29 is 5.11 Å². The number of aliphatic hydroxyl groups is 1. The van der Waals surface area contributed by atoms with Gasteiger partial charge < -0.3 is 10.4 Å². The summed E-state index contributed by atoms with van der Waals surface area (Å²) in [7, 11) is 0. The summed E-state index contributed by atoms with van der Waals surface area (Å²) >= 11 is 6.34. The van der Waals surface area contributed by atoms with E-state index in [2.05, 4.69) is 24.3 Å². The van der Waals surface area contributed by atoms with Crippen molar-refractivity contribution in [1.29, 1.82) is 0 Å². The molecule has 20 heavy (non-hydrogen) atoms. The zero-order chi connectivity index (χ0) is 14.8. The molecule has 0 atom stereocenters. The van der Waals surface area contributed by atoms with E-state index in [-0.39, 0.29) is 12.1 Å². The van der Waals surface area contributed by atoms with Gasteiger partial charge >= 0.3 is 0 Å². The van der Waals surface area contributed by atoms with Crippen LogP contribution in [0.2, 0.25) is 5.02 Å². The first-order valence-corrected chi connectivity index (χ1v) is 7.97. The Morgan fingerprint density at radius 3 is 2.65 bits per heavy atom. The molecule has 0 amide bonds. The van der Waals surface area contributed by atoms with Crippen molar-refractivity contribution >= 4 is 11.6 Å². The summed E-state index contributed by atoms with van der Waals surface area (Å²) in [5, 5.41) is 18.5. The second-order valence-corrected chi connectivity index (χ2v) is 6.51. The Morgan fingerprint density at radius 2 is 2.10 bits per heavy atom. The largest absolute Gasteiger partial charge is 0.394 e. The molecule has 0 aliphatic heterocycles. The lowest BCUT2D eigenvalue weighted by Gasteiger charge is -2.39. The second-order valence-electron chi connectivity index (χ2n) is 6.14. The van der Waals surface area contributed by atoms with E-state index in [9.17, 15) is 5.11 Å². The van der Waals surface area contributed by atoms with Crippen LogP contribution in [-0.2, 0) is 13.1 Å². The molecule has 0 unspecified atom stereocenters. The van der Waals surface area contributed by atoms with Crippen LogP contribution in [0, 0.1) is 12.8 Å². The van der Waals surface area contributed by atoms with E-state index in [1.54, 1.807) is 0 Å². The predicted molar refractivity (Wildman–Crippen MR) is 81.9 cm³/mol. The van der Waals surface area contributed by atoms with Crippen molar-refractivity contribution in [2.24, 2.45) is 5.92 Å². The Bertz CT molecular complexity index is 450. The lowest BCUT2D eigenvalue weighted by Crippen LogP contribution is -2.50. The minimum atomic E-state index is -0.146. The molecule has 1 aliphatic rings. The van der Waals surface area contributed by atoms with Crippen molar-refractivity contribution in [3.05, 3.63) is 16.4 Å². The molecular formula is C15H26ClN3O. The number of halogens is 1. The third-order valence-corrected chi connectivity index (χ3v) is 5.11. The zero-order valence-corrected chi connectivity index (χ0v) is 13.5. The summed E-state index contributed by atoms with van der Waals surface area (Å²) in [5.74, 6) is 0.767. The molecule has 0 aromatic carbocycles. The molecule has 1 aromatic heterocycles. The minimum Gasteiger partial charge on any atom is -0.394 e. The molecule has 1 aromatic rings. The molecule has 0 saturated heterocycles. The summed E-state index contributed by atoms with van der Waals surface area (Å²) in [5.41, 5.74) is 1.76. The number of nitrogens with one attached hydrogen (secondary N) is 1. The molecule has 114 valence electrons. The lowest BCUT2D eigenvalue weighted by molar-refractivity contribution is 0.103. The fourth-order valence-electron chi connectivity index (χ4n) is 3.01. The van der Waals surface area contributed by atoms with Crippen LogP contribution in [0.4, 0.5) is 0 Å². The quantitative estimate of drug-likeness (QED) is 0.879. The number of hydrogen-bond acceptors (Lipinski definition) is 3. The summed E-state index contributed by atoms with van der Waals surface area (Å²) in [4.78, 5) is 0. The maximum Gasteiger partial charge on any atom is 0.0860 e. The molecule has 1 aliphatic carbocycles. The Kier molecular flexibility index (Phi) is 5.10. The summed E-state index contributed by atoms with van der Waals surface area (Å²) in [6.45, 7) is 7.96. The number of rotatable bonds is 5. The van der Waals surface area contributed by atoms with Crippen molar-refractivity contribution in [3.63, 3.8) is 0 Å². The first-order valence-electron chi connectivity index (χ1n) is 7.59. The van der Waals surface area contributed by atoms with E-state index in [1.807, 2.05) is 11.6 Å². The van der Waals surface area contributed by atoms with E-state index in [0.29, 0.717) is 6.54 Å². The van der Waals surface area contributed by atoms with Crippen LogP contribution in [0.25, 0.3) is 0 Å². The van der Waals surface area contributed by atoms with E-state index in [4.69, 9.17) is 11.6 Å². The van der Waals surface area contributed by atoms with Crippen LogP contribution < -0.4 is 5.32 Å². The predicted octanol–water partition coefficient (Wildman–Crippen LogP) is 2.90. The molecular weight excluding hydrogens is 274 g/mol. The Balaban J connectivity index is 2.07. The van der Waals surface area contributed by atoms with Crippen LogP contribution in [-0.4, -0.2) is 27.0 Å². The van der Waals surface area contributed by atoms with Crippen LogP contribution in [0.15, 0.2) is 0 Å². The second kappa shape index (κ2) is 6.46. The molecule has 2 N–H and O–H groups in total. The van der Waals surface area contributed by atoms with Gasteiger partial charge in [0.1, 0.15) is 0 Å². The van der Waals surface area contributed by atoms with Crippen molar-refractivity contribution in [1.82, 2.24) is 15.1 Å². The smallest absolute Gasteiger partial charge is 0.0860 e. The third kappa shape index (κ3) is 3.18. The van der Waals surface area contributed by atoms with Gasteiger partial charge in [0.15, 0.2) is 0 Å². The monoisotopic (exact) mass is 299 g/mol. The van der Waals surface area contributed by atoms with Crippen LogP contribution in [0.5, 0.6) is 0 Å². The Morgan fingerprint density at radius 1 is 1.45 bits per heavy atom. The topological polar surface area (TPSA) is 50.1 Å². The molecule has 1 heterocycles. The van der Waals surface area contributed by atoms with Gasteiger partial charge in [0.2, 0.25) is 0 Å². The fourth-order valence-corrected chi connectivity index (χ4v) is 3.22. The molecule has 2 rings (SSSR count). The van der Waals surface area contributed by atoms with Gasteiger partial charge in [-0.2, -0.15) is 5.10 Å². The van der Waals surface area contributed by atoms with Gasteiger partial charge in [-0.05, 0) is 45.4 Å². The average Bonchev–Trinajstić information content (AvgIpc) is 2.74. The zero-order valence-electron chi connectivity index (χ0n) is 12.7. The standard InChI is InChI=1S/C15H26ClN3O/c1-4-19-13(14(16)12(3)18-19)9-17-15(10-20)7-5-11(2)6-8-15/h11,17,20H,4-10H2,1-3H3. The minimum absolute atomic E-state index is 0.146. The summed E-state index contributed by atoms with van der Waals surface area (Å²) in [6.07, 6.45) is 4.41. The first kappa shape index (κ1) is 15.8. The molecule has 4 nitrogen and oxygen atoms in total. The molecule has 0 bridgehead atoms. The third-order valence-electron chi connectivity index (χ3n) is 4.62. The van der Waals surface area contributed by atoms with Gasteiger partial charge in [0.05, 0.1) is 23.0 Å².